The van der Waals surface area contributed by atoms with Crippen LogP contribution in [0, 0.1) is 6.92 Å². The molecule has 0 aliphatic heterocycles. The Morgan fingerprint density at radius 2 is 1.71 bits per heavy atom. The zero-order valence-electron chi connectivity index (χ0n) is 17.1. The molecule has 6 nitrogen and oxygen atoms in total. The van der Waals surface area contributed by atoms with E-state index >= 15 is 0 Å². The molecule has 1 saturated carbocycles. The Kier molecular flexibility index (Phi) is 6.17. The lowest BCUT2D eigenvalue weighted by Crippen LogP contribution is -2.60. The number of nitrogens with one attached hydrogen (secondary N) is 1. The molecule has 6 heteroatoms. The van der Waals surface area contributed by atoms with Crippen molar-refractivity contribution in [2.24, 2.45) is 0 Å². The van der Waals surface area contributed by atoms with E-state index < -0.39 is 5.54 Å². The number of hydrogen-bond donors (Lipinski definition) is 1. The molecule has 1 aromatic carbocycles. The predicted octanol–water partition coefficient (Wildman–Crippen LogP) is 3.48. The Balaban J connectivity index is 1.80. The summed E-state index contributed by atoms with van der Waals surface area (Å²) < 4.78 is 1.83. The van der Waals surface area contributed by atoms with Gasteiger partial charge in [0.15, 0.2) is 0 Å². The van der Waals surface area contributed by atoms with Gasteiger partial charge < -0.3 is 10.2 Å². The van der Waals surface area contributed by atoms with Gasteiger partial charge in [0, 0.05) is 30.5 Å². The molecular formula is C22H30N4O2. The summed E-state index contributed by atoms with van der Waals surface area (Å²) in [5.74, 6) is -0.138. The average molecular weight is 383 g/mol. The summed E-state index contributed by atoms with van der Waals surface area (Å²) in [6.45, 7) is 7.26. The molecule has 1 fully saturated rings. The van der Waals surface area contributed by atoms with Crippen LogP contribution in [0.25, 0.3) is 5.69 Å². The normalized spacial score (nSPS) is 15.8. The summed E-state index contributed by atoms with van der Waals surface area (Å²) >= 11 is 0. The van der Waals surface area contributed by atoms with Crippen molar-refractivity contribution < 1.29 is 9.59 Å². The standard InChI is InChI=1S/C22H30N4O2/c1-4-25(5-2)21(28)22(14-7-6-8-15-22)24-20(27)18-9-11-19(12-10-18)26-17(3)13-16-23-26/h9-13,16H,4-8,14-15H2,1-3H3,(H,24,27). The maximum absolute atomic E-state index is 13.2. The first-order valence-corrected chi connectivity index (χ1v) is 10.2. The van der Waals surface area contributed by atoms with Gasteiger partial charge in [-0.2, -0.15) is 5.10 Å². The van der Waals surface area contributed by atoms with Gasteiger partial charge in [0.25, 0.3) is 5.91 Å². The maximum atomic E-state index is 13.2. The molecule has 1 N–H and O–H groups in total. The Labute approximate surface area is 166 Å². The van der Waals surface area contributed by atoms with E-state index in [2.05, 4.69) is 10.4 Å². The van der Waals surface area contributed by atoms with Crippen molar-refractivity contribution in [2.75, 3.05) is 13.1 Å². The lowest BCUT2D eigenvalue weighted by atomic mass is 9.80. The average Bonchev–Trinajstić information content (AvgIpc) is 3.15. The highest BCUT2D eigenvalue weighted by Crippen LogP contribution is 2.30. The van der Waals surface area contributed by atoms with Gasteiger partial charge in [0.1, 0.15) is 5.54 Å². The molecule has 28 heavy (non-hydrogen) atoms. The van der Waals surface area contributed by atoms with Crippen LogP contribution in [0.1, 0.15) is 62.0 Å². The number of aromatic nitrogens is 2. The third-order valence-corrected chi connectivity index (χ3v) is 5.73. The Hall–Kier alpha value is -2.63. The quantitative estimate of drug-likeness (QED) is 0.832. The van der Waals surface area contributed by atoms with Crippen molar-refractivity contribution in [3.63, 3.8) is 0 Å². The molecule has 3 rings (SSSR count). The van der Waals surface area contributed by atoms with Crippen molar-refractivity contribution in [1.82, 2.24) is 20.0 Å². The zero-order valence-corrected chi connectivity index (χ0v) is 17.1. The van der Waals surface area contributed by atoms with Crippen LogP contribution >= 0.6 is 0 Å². The lowest BCUT2D eigenvalue weighted by molar-refractivity contribution is -0.139. The fraction of sp³-hybridized carbons (Fsp3) is 0.500. The third kappa shape index (κ3) is 3.96. The first-order valence-electron chi connectivity index (χ1n) is 10.2. The van der Waals surface area contributed by atoms with Gasteiger partial charge in [0.05, 0.1) is 5.69 Å². The van der Waals surface area contributed by atoms with Crippen molar-refractivity contribution in [3.8, 4) is 5.69 Å². The van der Waals surface area contributed by atoms with E-state index in [0.29, 0.717) is 31.5 Å². The van der Waals surface area contributed by atoms with Crippen LogP contribution in [-0.4, -0.2) is 45.1 Å². The second kappa shape index (κ2) is 8.59. The number of rotatable bonds is 6. The molecule has 1 aliphatic rings. The second-order valence-corrected chi connectivity index (χ2v) is 7.51. The van der Waals surface area contributed by atoms with Crippen molar-refractivity contribution >= 4 is 11.8 Å². The molecule has 1 aromatic heterocycles. The predicted molar refractivity (Wildman–Crippen MR) is 110 cm³/mol. The van der Waals surface area contributed by atoms with E-state index in [1.807, 2.05) is 48.6 Å². The minimum atomic E-state index is -0.779. The fourth-order valence-corrected chi connectivity index (χ4v) is 4.04. The molecule has 0 radical (unpaired) electrons. The molecule has 0 bridgehead atoms. The third-order valence-electron chi connectivity index (χ3n) is 5.73. The van der Waals surface area contributed by atoms with E-state index in [0.717, 1.165) is 30.6 Å². The highest BCUT2D eigenvalue weighted by molar-refractivity contribution is 5.99. The van der Waals surface area contributed by atoms with Crippen LogP contribution in [0.2, 0.25) is 0 Å². The highest BCUT2D eigenvalue weighted by atomic mass is 16.2. The van der Waals surface area contributed by atoms with Gasteiger partial charge in [0.2, 0.25) is 5.91 Å². The van der Waals surface area contributed by atoms with Gasteiger partial charge in [-0.3, -0.25) is 9.59 Å². The van der Waals surface area contributed by atoms with Crippen LogP contribution in [-0.2, 0) is 4.79 Å². The van der Waals surface area contributed by atoms with Gasteiger partial charge in [-0.15, -0.1) is 0 Å². The molecule has 150 valence electrons. The smallest absolute Gasteiger partial charge is 0.252 e. The van der Waals surface area contributed by atoms with Crippen LogP contribution in [0.3, 0.4) is 0 Å². The highest BCUT2D eigenvalue weighted by Gasteiger charge is 2.42. The van der Waals surface area contributed by atoms with Crippen LogP contribution < -0.4 is 5.32 Å². The summed E-state index contributed by atoms with van der Waals surface area (Å²) in [6, 6.07) is 9.30. The number of hydrogen-bond acceptors (Lipinski definition) is 3. The zero-order chi connectivity index (χ0) is 20.1. The molecule has 0 spiro atoms. The summed E-state index contributed by atoms with van der Waals surface area (Å²) in [5, 5.41) is 7.40. The van der Waals surface area contributed by atoms with Crippen LogP contribution in [0.5, 0.6) is 0 Å². The molecular weight excluding hydrogens is 352 g/mol. The first kappa shape index (κ1) is 20.1. The van der Waals surface area contributed by atoms with Crippen LogP contribution in [0.15, 0.2) is 36.5 Å². The molecule has 0 atom stereocenters. The Morgan fingerprint density at radius 3 is 2.25 bits per heavy atom. The van der Waals surface area contributed by atoms with Crippen molar-refractivity contribution in [3.05, 3.63) is 47.8 Å². The SMILES string of the molecule is CCN(CC)C(=O)C1(NC(=O)c2ccc(-n3nccc3C)cc2)CCCCC1. The molecule has 2 aromatic rings. The maximum Gasteiger partial charge on any atom is 0.252 e. The monoisotopic (exact) mass is 382 g/mol. The second-order valence-electron chi connectivity index (χ2n) is 7.51. The number of nitrogens with zero attached hydrogens (tertiary/aromatic N) is 3. The number of benzene rings is 1. The van der Waals surface area contributed by atoms with Crippen LogP contribution in [0.4, 0.5) is 0 Å². The lowest BCUT2D eigenvalue weighted by Gasteiger charge is -2.40. The van der Waals surface area contributed by atoms with Crippen molar-refractivity contribution in [1.29, 1.82) is 0 Å². The number of amides is 2. The Bertz CT molecular complexity index is 815. The fourth-order valence-electron chi connectivity index (χ4n) is 4.04. The summed E-state index contributed by atoms with van der Waals surface area (Å²) in [5.41, 5.74) is 1.72. The summed E-state index contributed by atoms with van der Waals surface area (Å²) in [6.07, 6.45) is 6.20. The number of aryl methyl sites for hydroxylation is 1. The first-order chi connectivity index (χ1) is 13.5. The molecule has 2 amide bonds. The number of carbonyl (C=O) groups is 2. The summed E-state index contributed by atoms with van der Waals surface area (Å²) in [4.78, 5) is 28.0. The number of carbonyl (C=O) groups excluding carboxylic acids is 2. The van der Waals surface area contributed by atoms with E-state index in [1.165, 1.54) is 0 Å². The van der Waals surface area contributed by atoms with Crippen molar-refractivity contribution in [2.45, 2.75) is 58.4 Å². The summed E-state index contributed by atoms with van der Waals surface area (Å²) in [7, 11) is 0. The number of likely N-dealkylation sites (N-methyl/N-ethyl adjacent to an activating group) is 1. The molecule has 1 heterocycles. The minimum Gasteiger partial charge on any atom is -0.341 e. The Morgan fingerprint density at radius 1 is 1.07 bits per heavy atom. The molecule has 1 aliphatic carbocycles. The largest absolute Gasteiger partial charge is 0.341 e. The van der Waals surface area contributed by atoms with Gasteiger partial charge in [-0.1, -0.05) is 19.3 Å². The van der Waals surface area contributed by atoms with Gasteiger partial charge >= 0.3 is 0 Å². The molecule has 0 unspecified atom stereocenters. The van der Waals surface area contributed by atoms with E-state index in [-0.39, 0.29) is 11.8 Å². The van der Waals surface area contributed by atoms with E-state index in [1.54, 1.807) is 18.3 Å². The van der Waals surface area contributed by atoms with Gasteiger partial charge in [-0.25, -0.2) is 4.68 Å². The van der Waals surface area contributed by atoms with Gasteiger partial charge in [-0.05, 0) is 63.9 Å². The molecule has 0 saturated heterocycles. The van der Waals surface area contributed by atoms with E-state index in [4.69, 9.17) is 0 Å². The van der Waals surface area contributed by atoms with E-state index in [9.17, 15) is 9.59 Å². The minimum absolute atomic E-state index is 0.0503. The topological polar surface area (TPSA) is 67.2 Å².